The summed E-state index contributed by atoms with van der Waals surface area (Å²) in [6.45, 7) is 6.70. The van der Waals surface area contributed by atoms with Crippen LogP contribution in [0.25, 0.3) is 0 Å². The summed E-state index contributed by atoms with van der Waals surface area (Å²) >= 11 is 0. The molecular weight excluding hydrogens is 378 g/mol. The summed E-state index contributed by atoms with van der Waals surface area (Å²) < 4.78 is 11.2. The minimum Gasteiger partial charge on any atom is -0.497 e. The van der Waals surface area contributed by atoms with Gasteiger partial charge in [0.15, 0.2) is 5.96 Å². The third-order valence-corrected chi connectivity index (χ3v) is 5.19. The second-order valence-electron chi connectivity index (χ2n) is 7.60. The number of anilines is 1. The van der Waals surface area contributed by atoms with Crippen molar-refractivity contribution < 1.29 is 9.47 Å². The van der Waals surface area contributed by atoms with Crippen LogP contribution in [0.3, 0.4) is 0 Å². The van der Waals surface area contributed by atoms with E-state index in [0.717, 1.165) is 54.9 Å². The number of aromatic nitrogens is 1. The number of hydrogen-bond donors (Lipinski definition) is 2. The summed E-state index contributed by atoms with van der Waals surface area (Å²) in [6.07, 6.45) is 2.09. The quantitative estimate of drug-likeness (QED) is 0.539. The van der Waals surface area contributed by atoms with Crippen LogP contribution in [0, 0.1) is 6.92 Å². The number of nitrogens with one attached hydrogen (secondary N) is 2. The standard InChI is InChI=1S/C23H33N5O2/c1-17-7-5-10-22(26-17)28-13-11-19(12-14-28)27-23(24-3)25-16-18(2)30-21-9-6-8-20(15-21)29-4/h5-10,15,18-19H,11-14,16H2,1-4H3,(H2,24,25,27). The second-order valence-corrected chi connectivity index (χ2v) is 7.60. The topological polar surface area (TPSA) is 71.0 Å². The first-order valence-corrected chi connectivity index (χ1v) is 10.5. The van der Waals surface area contributed by atoms with Crippen molar-refractivity contribution in [2.24, 2.45) is 4.99 Å². The number of pyridine rings is 1. The molecule has 162 valence electrons. The summed E-state index contributed by atoms with van der Waals surface area (Å²) in [7, 11) is 3.45. The molecule has 1 unspecified atom stereocenters. The molecule has 0 saturated carbocycles. The smallest absolute Gasteiger partial charge is 0.191 e. The minimum atomic E-state index is -0.00935. The van der Waals surface area contributed by atoms with Gasteiger partial charge in [0.25, 0.3) is 0 Å². The minimum absolute atomic E-state index is 0.00935. The van der Waals surface area contributed by atoms with Gasteiger partial charge in [-0.2, -0.15) is 0 Å². The van der Waals surface area contributed by atoms with Gasteiger partial charge in [-0.3, -0.25) is 4.99 Å². The van der Waals surface area contributed by atoms with E-state index in [4.69, 9.17) is 9.47 Å². The van der Waals surface area contributed by atoms with Crippen molar-refractivity contribution in [1.82, 2.24) is 15.6 Å². The molecule has 1 saturated heterocycles. The van der Waals surface area contributed by atoms with Gasteiger partial charge in [-0.15, -0.1) is 0 Å². The highest BCUT2D eigenvalue weighted by Crippen LogP contribution is 2.20. The van der Waals surface area contributed by atoms with E-state index >= 15 is 0 Å². The Morgan fingerprint density at radius 1 is 1.20 bits per heavy atom. The van der Waals surface area contributed by atoms with Crippen LogP contribution in [-0.4, -0.2) is 56.9 Å². The van der Waals surface area contributed by atoms with Gasteiger partial charge in [-0.05, 0) is 51.0 Å². The second kappa shape index (κ2) is 10.7. The lowest BCUT2D eigenvalue weighted by atomic mass is 10.1. The van der Waals surface area contributed by atoms with Gasteiger partial charge in [0, 0.05) is 37.9 Å². The zero-order valence-electron chi connectivity index (χ0n) is 18.4. The van der Waals surface area contributed by atoms with Crippen molar-refractivity contribution in [3.05, 3.63) is 48.2 Å². The highest BCUT2D eigenvalue weighted by Gasteiger charge is 2.21. The molecule has 0 amide bonds. The molecule has 7 heteroatoms. The number of ether oxygens (including phenoxy) is 2. The van der Waals surface area contributed by atoms with Crippen molar-refractivity contribution >= 4 is 11.8 Å². The predicted octanol–water partition coefficient (Wildman–Crippen LogP) is 3.00. The lowest BCUT2D eigenvalue weighted by molar-refractivity contribution is 0.222. The number of rotatable bonds is 7. The van der Waals surface area contributed by atoms with E-state index in [1.54, 1.807) is 14.2 Å². The molecule has 3 rings (SSSR count). The van der Waals surface area contributed by atoms with Gasteiger partial charge in [0.05, 0.1) is 13.7 Å². The van der Waals surface area contributed by atoms with Crippen LogP contribution in [0.5, 0.6) is 11.5 Å². The van der Waals surface area contributed by atoms with Gasteiger partial charge in [0.1, 0.15) is 23.4 Å². The number of methoxy groups -OCH3 is 1. The van der Waals surface area contributed by atoms with Crippen molar-refractivity contribution in [3.8, 4) is 11.5 Å². The highest BCUT2D eigenvalue weighted by molar-refractivity contribution is 5.80. The summed E-state index contributed by atoms with van der Waals surface area (Å²) in [5.41, 5.74) is 1.06. The maximum absolute atomic E-state index is 5.98. The Bertz CT molecular complexity index is 834. The Morgan fingerprint density at radius 2 is 1.93 bits per heavy atom. The molecule has 0 spiro atoms. The maximum Gasteiger partial charge on any atom is 0.191 e. The number of guanidine groups is 1. The Labute approximate surface area is 179 Å². The molecule has 2 N–H and O–H groups in total. The molecule has 1 aliphatic heterocycles. The van der Waals surface area contributed by atoms with Crippen LogP contribution >= 0.6 is 0 Å². The molecule has 1 aliphatic rings. The molecule has 0 radical (unpaired) electrons. The van der Waals surface area contributed by atoms with Crippen molar-refractivity contribution in [2.75, 3.05) is 38.7 Å². The molecule has 0 bridgehead atoms. The third-order valence-electron chi connectivity index (χ3n) is 5.19. The van der Waals surface area contributed by atoms with Gasteiger partial charge < -0.3 is 25.0 Å². The lowest BCUT2D eigenvalue weighted by Crippen LogP contribution is -2.50. The Kier molecular flexibility index (Phi) is 7.76. The van der Waals surface area contributed by atoms with Crippen LogP contribution in [0.4, 0.5) is 5.82 Å². The third kappa shape index (κ3) is 6.27. The van der Waals surface area contributed by atoms with Gasteiger partial charge in [-0.1, -0.05) is 12.1 Å². The number of aliphatic imine (C=N–C) groups is 1. The molecule has 1 fully saturated rings. The fourth-order valence-corrected chi connectivity index (χ4v) is 3.53. The number of aryl methyl sites for hydroxylation is 1. The average molecular weight is 412 g/mol. The summed E-state index contributed by atoms with van der Waals surface area (Å²) in [6, 6.07) is 14.2. The van der Waals surface area contributed by atoms with E-state index in [9.17, 15) is 0 Å². The number of benzene rings is 1. The Morgan fingerprint density at radius 3 is 2.63 bits per heavy atom. The first kappa shape index (κ1) is 21.7. The van der Waals surface area contributed by atoms with Gasteiger partial charge >= 0.3 is 0 Å². The van der Waals surface area contributed by atoms with E-state index in [1.807, 2.05) is 44.2 Å². The van der Waals surface area contributed by atoms with E-state index in [2.05, 4.69) is 37.6 Å². The molecule has 1 aromatic heterocycles. The molecule has 1 aromatic carbocycles. The van der Waals surface area contributed by atoms with Crippen LogP contribution in [-0.2, 0) is 0 Å². The normalized spacial score (nSPS) is 16.1. The summed E-state index contributed by atoms with van der Waals surface area (Å²) in [5, 5.41) is 6.92. The molecule has 0 aliphatic carbocycles. The van der Waals surface area contributed by atoms with Crippen molar-refractivity contribution in [1.29, 1.82) is 0 Å². The van der Waals surface area contributed by atoms with Gasteiger partial charge in [-0.25, -0.2) is 4.98 Å². The van der Waals surface area contributed by atoms with Crippen molar-refractivity contribution in [2.45, 2.75) is 38.8 Å². The molecule has 30 heavy (non-hydrogen) atoms. The Hall–Kier alpha value is -2.96. The SMILES string of the molecule is CN=C(NCC(C)Oc1cccc(OC)c1)NC1CCN(c2cccc(C)n2)CC1. The monoisotopic (exact) mass is 411 g/mol. The Balaban J connectivity index is 1.42. The molecule has 7 nitrogen and oxygen atoms in total. The maximum atomic E-state index is 5.98. The number of nitrogens with zero attached hydrogens (tertiary/aromatic N) is 3. The molecule has 2 heterocycles. The van der Waals surface area contributed by atoms with Crippen molar-refractivity contribution in [3.63, 3.8) is 0 Å². The van der Waals surface area contributed by atoms with Crippen LogP contribution < -0.4 is 25.0 Å². The largest absolute Gasteiger partial charge is 0.497 e. The zero-order chi connectivity index (χ0) is 21.3. The van der Waals surface area contributed by atoms with Crippen LogP contribution in [0.2, 0.25) is 0 Å². The molecular formula is C23H33N5O2. The number of hydrogen-bond acceptors (Lipinski definition) is 5. The number of piperidine rings is 1. The van der Waals surface area contributed by atoms with E-state index < -0.39 is 0 Å². The lowest BCUT2D eigenvalue weighted by Gasteiger charge is -2.34. The van der Waals surface area contributed by atoms with E-state index in [-0.39, 0.29) is 6.10 Å². The molecule has 1 atom stereocenters. The first-order chi connectivity index (χ1) is 14.6. The predicted molar refractivity (Wildman–Crippen MR) is 122 cm³/mol. The summed E-state index contributed by atoms with van der Waals surface area (Å²) in [4.78, 5) is 11.4. The fourth-order valence-electron chi connectivity index (χ4n) is 3.53. The average Bonchev–Trinajstić information content (AvgIpc) is 2.77. The van der Waals surface area contributed by atoms with Crippen LogP contribution in [0.15, 0.2) is 47.5 Å². The first-order valence-electron chi connectivity index (χ1n) is 10.5. The molecule has 2 aromatic rings. The highest BCUT2D eigenvalue weighted by atomic mass is 16.5. The van der Waals surface area contributed by atoms with Crippen LogP contribution in [0.1, 0.15) is 25.5 Å². The summed E-state index contributed by atoms with van der Waals surface area (Å²) in [5.74, 6) is 3.46. The van der Waals surface area contributed by atoms with E-state index in [0.29, 0.717) is 12.6 Å². The fraction of sp³-hybridized carbons (Fsp3) is 0.478. The van der Waals surface area contributed by atoms with Gasteiger partial charge in [0.2, 0.25) is 0 Å². The van der Waals surface area contributed by atoms with E-state index in [1.165, 1.54) is 0 Å². The zero-order valence-corrected chi connectivity index (χ0v) is 18.4.